The first kappa shape index (κ1) is 10.9. The van der Waals surface area contributed by atoms with E-state index in [0.717, 1.165) is 38.0 Å². The number of likely N-dealkylation sites (tertiary alicyclic amines) is 1. The molecule has 0 saturated carbocycles. The highest BCUT2D eigenvalue weighted by Crippen LogP contribution is 2.27. The summed E-state index contributed by atoms with van der Waals surface area (Å²) in [6.07, 6.45) is 0. The number of nitrogens with one attached hydrogen (secondary N) is 1. The first-order valence-corrected chi connectivity index (χ1v) is 5.75. The summed E-state index contributed by atoms with van der Waals surface area (Å²) in [7, 11) is 3.66. The molecule has 0 aromatic rings. The molecule has 4 nitrogen and oxygen atoms in total. The Morgan fingerprint density at radius 2 is 1.87 bits per heavy atom. The fourth-order valence-corrected chi connectivity index (χ4v) is 2.74. The van der Waals surface area contributed by atoms with Crippen molar-refractivity contribution in [2.24, 2.45) is 11.8 Å². The second-order valence-electron chi connectivity index (χ2n) is 5.04. The highest BCUT2D eigenvalue weighted by molar-refractivity contribution is 5.80. The molecule has 3 atom stereocenters. The molecule has 3 unspecified atom stereocenters. The Morgan fingerprint density at radius 1 is 1.33 bits per heavy atom. The van der Waals surface area contributed by atoms with Gasteiger partial charge in [0.2, 0.25) is 5.91 Å². The molecule has 1 N–H and O–H groups in total. The minimum absolute atomic E-state index is 0.0469. The molecule has 86 valence electrons. The van der Waals surface area contributed by atoms with Crippen molar-refractivity contribution in [3.05, 3.63) is 0 Å². The van der Waals surface area contributed by atoms with E-state index in [1.165, 1.54) is 0 Å². The number of nitrogens with zero attached hydrogens (tertiary/aromatic N) is 2. The summed E-state index contributed by atoms with van der Waals surface area (Å²) in [6, 6.07) is 0.0469. The Bertz CT molecular complexity index is 242. The van der Waals surface area contributed by atoms with Gasteiger partial charge in [0, 0.05) is 27.2 Å². The average Bonchev–Trinajstić information content (AvgIpc) is 2.74. The normalized spacial score (nSPS) is 32.7. The Labute approximate surface area is 91.6 Å². The molecule has 2 heterocycles. The summed E-state index contributed by atoms with van der Waals surface area (Å²) in [5.41, 5.74) is 0. The third-order valence-electron chi connectivity index (χ3n) is 3.76. The highest BCUT2D eigenvalue weighted by atomic mass is 16.2. The van der Waals surface area contributed by atoms with Crippen LogP contribution in [0.1, 0.15) is 6.92 Å². The lowest BCUT2D eigenvalue weighted by Gasteiger charge is -2.26. The molecule has 0 radical (unpaired) electrons. The molecule has 1 amide bonds. The van der Waals surface area contributed by atoms with Gasteiger partial charge in [0.05, 0.1) is 6.04 Å². The van der Waals surface area contributed by atoms with Gasteiger partial charge in [0.15, 0.2) is 0 Å². The number of hydrogen-bond donors (Lipinski definition) is 1. The van der Waals surface area contributed by atoms with Gasteiger partial charge in [-0.05, 0) is 31.8 Å². The van der Waals surface area contributed by atoms with Gasteiger partial charge in [0.25, 0.3) is 0 Å². The third-order valence-corrected chi connectivity index (χ3v) is 3.76. The monoisotopic (exact) mass is 211 g/mol. The van der Waals surface area contributed by atoms with Crippen LogP contribution in [0.2, 0.25) is 0 Å². The summed E-state index contributed by atoms with van der Waals surface area (Å²) in [5.74, 6) is 1.76. The van der Waals surface area contributed by atoms with Crippen molar-refractivity contribution in [1.82, 2.24) is 15.1 Å². The van der Waals surface area contributed by atoms with Gasteiger partial charge < -0.3 is 10.2 Å². The lowest BCUT2D eigenvalue weighted by Crippen LogP contribution is -2.44. The van der Waals surface area contributed by atoms with Crippen LogP contribution in [-0.4, -0.2) is 62.0 Å². The maximum Gasteiger partial charge on any atom is 0.239 e. The van der Waals surface area contributed by atoms with Crippen LogP contribution in [0.5, 0.6) is 0 Å². The van der Waals surface area contributed by atoms with Crippen LogP contribution < -0.4 is 5.32 Å². The van der Waals surface area contributed by atoms with Crippen LogP contribution in [0, 0.1) is 11.8 Å². The van der Waals surface area contributed by atoms with Crippen LogP contribution >= 0.6 is 0 Å². The number of carbonyl (C=O) groups excluding carboxylic acids is 1. The Balaban J connectivity index is 1.93. The van der Waals surface area contributed by atoms with Gasteiger partial charge in [-0.1, -0.05) is 0 Å². The standard InChI is InChI=1S/C11H21N3O/c1-8(11(15)13(2)3)14-6-9-4-12-5-10(9)7-14/h8-10,12H,4-7H2,1-3H3. The number of likely N-dealkylation sites (N-methyl/N-ethyl adjacent to an activating group) is 1. The van der Waals surface area contributed by atoms with Crippen molar-refractivity contribution in [2.45, 2.75) is 13.0 Å². The lowest BCUT2D eigenvalue weighted by molar-refractivity contribution is -0.133. The van der Waals surface area contributed by atoms with Gasteiger partial charge in [-0.2, -0.15) is 0 Å². The van der Waals surface area contributed by atoms with Crippen molar-refractivity contribution >= 4 is 5.91 Å². The van der Waals surface area contributed by atoms with E-state index in [9.17, 15) is 4.79 Å². The third kappa shape index (κ3) is 2.01. The van der Waals surface area contributed by atoms with Crippen LogP contribution in [0.15, 0.2) is 0 Å². The van der Waals surface area contributed by atoms with E-state index in [-0.39, 0.29) is 11.9 Å². The molecule has 0 spiro atoms. The van der Waals surface area contributed by atoms with Crippen molar-refractivity contribution in [3.8, 4) is 0 Å². The Hall–Kier alpha value is -0.610. The van der Waals surface area contributed by atoms with Crippen molar-refractivity contribution in [2.75, 3.05) is 40.3 Å². The molecule has 4 heteroatoms. The van der Waals surface area contributed by atoms with E-state index < -0.39 is 0 Å². The maximum atomic E-state index is 11.8. The fraction of sp³-hybridized carbons (Fsp3) is 0.909. The van der Waals surface area contributed by atoms with E-state index in [0.29, 0.717) is 0 Å². The van der Waals surface area contributed by atoms with Crippen LogP contribution in [0.25, 0.3) is 0 Å². The summed E-state index contributed by atoms with van der Waals surface area (Å²) in [4.78, 5) is 15.8. The van der Waals surface area contributed by atoms with E-state index in [2.05, 4.69) is 10.2 Å². The quantitative estimate of drug-likeness (QED) is 0.676. The van der Waals surface area contributed by atoms with Gasteiger partial charge in [-0.3, -0.25) is 9.69 Å². The van der Waals surface area contributed by atoms with Gasteiger partial charge in [0.1, 0.15) is 0 Å². The predicted octanol–water partition coefficient (Wildman–Crippen LogP) is -0.386. The predicted molar refractivity (Wildman–Crippen MR) is 59.6 cm³/mol. The van der Waals surface area contributed by atoms with Crippen LogP contribution in [0.4, 0.5) is 0 Å². The second-order valence-corrected chi connectivity index (χ2v) is 5.04. The summed E-state index contributed by atoms with van der Waals surface area (Å²) >= 11 is 0. The minimum Gasteiger partial charge on any atom is -0.347 e. The molecule has 0 aromatic carbocycles. The summed E-state index contributed by atoms with van der Waals surface area (Å²) in [5, 5.41) is 3.41. The van der Waals surface area contributed by atoms with E-state index in [1.54, 1.807) is 4.90 Å². The molecule has 0 aromatic heterocycles. The second kappa shape index (κ2) is 4.10. The summed E-state index contributed by atoms with van der Waals surface area (Å²) in [6.45, 7) is 6.45. The molecule has 15 heavy (non-hydrogen) atoms. The first-order valence-electron chi connectivity index (χ1n) is 5.75. The van der Waals surface area contributed by atoms with Crippen molar-refractivity contribution < 1.29 is 4.79 Å². The summed E-state index contributed by atoms with van der Waals surface area (Å²) < 4.78 is 0. The number of fused-ring (bicyclic) bond motifs is 1. The van der Waals surface area contributed by atoms with Crippen molar-refractivity contribution in [3.63, 3.8) is 0 Å². The molecule has 0 bridgehead atoms. The largest absolute Gasteiger partial charge is 0.347 e. The zero-order valence-electron chi connectivity index (χ0n) is 9.86. The highest BCUT2D eigenvalue weighted by Gasteiger charge is 2.39. The smallest absolute Gasteiger partial charge is 0.239 e. The molecule has 0 aliphatic carbocycles. The Morgan fingerprint density at radius 3 is 2.33 bits per heavy atom. The molecule has 2 rings (SSSR count). The van der Waals surface area contributed by atoms with E-state index in [4.69, 9.17) is 0 Å². The van der Waals surface area contributed by atoms with Gasteiger partial charge in [-0.25, -0.2) is 0 Å². The first-order chi connectivity index (χ1) is 7.09. The van der Waals surface area contributed by atoms with Gasteiger partial charge in [-0.15, -0.1) is 0 Å². The van der Waals surface area contributed by atoms with Gasteiger partial charge >= 0.3 is 0 Å². The molecule has 2 aliphatic heterocycles. The Kier molecular flexibility index (Phi) is 2.98. The topological polar surface area (TPSA) is 35.6 Å². The molecule has 2 saturated heterocycles. The average molecular weight is 211 g/mol. The van der Waals surface area contributed by atoms with Crippen LogP contribution in [0.3, 0.4) is 0 Å². The maximum absolute atomic E-state index is 11.8. The van der Waals surface area contributed by atoms with E-state index in [1.807, 2.05) is 21.0 Å². The number of carbonyl (C=O) groups is 1. The zero-order valence-corrected chi connectivity index (χ0v) is 9.86. The lowest BCUT2D eigenvalue weighted by atomic mass is 10.0. The zero-order chi connectivity index (χ0) is 11.0. The number of amides is 1. The fourth-order valence-electron chi connectivity index (χ4n) is 2.74. The molecular formula is C11H21N3O. The minimum atomic E-state index is 0.0469. The van der Waals surface area contributed by atoms with Crippen LogP contribution in [-0.2, 0) is 4.79 Å². The van der Waals surface area contributed by atoms with E-state index >= 15 is 0 Å². The molecular weight excluding hydrogens is 190 g/mol. The number of rotatable bonds is 2. The molecule has 2 aliphatic rings. The molecule has 2 fully saturated rings. The SMILES string of the molecule is CC(C(=O)N(C)C)N1CC2CNCC2C1. The van der Waals surface area contributed by atoms with Crippen molar-refractivity contribution in [1.29, 1.82) is 0 Å². The number of hydrogen-bond acceptors (Lipinski definition) is 3.